The highest BCUT2D eigenvalue weighted by molar-refractivity contribution is 5.32. The van der Waals surface area contributed by atoms with Gasteiger partial charge in [-0.3, -0.25) is 5.10 Å². The van der Waals surface area contributed by atoms with Gasteiger partial charge in [-0.05, 0) is 32.4 Å². The van der Waals surface area contributed by atoms with Gasteiger partial charge < -0.3 is 5.73 Å². The van der Waals surface area contributed by atoms with Crippen LogP contribution in [0.3, 0.4) is 0 Å². The van der Waals surface area contributed by atoms with Crippen molar-refractivity contribution in [1.29, 1.82) is 0 Å². The van der Waals surface area contributed by atoms with Crippen LogP contribution in [0.25, 0.3) is 5.69 Å². The Labute approximate surface area is 88.3 Å². The first-order chi connectivity index (χ1) is 7.31. The normalized spacial score (nSPS) is 10.8. The second kappa shape index (κ2) is 4.27. The Morgan fingerprint density at radius 2 is 2.40 bits per heavy atom. The van der Waals surface area contributed by atoms with Crippen molar-refractivity contribution in [1.82, 2.24) is 20.0 Å². The molecular formula is C10H15N5. The van der Waals surface area contributed by atoms with E-state index in [1.54, 1.807) is 6.20 Å². The predicted molar refractivity (Wildman–Crippen MR) is 57.8 cm³/mol. The summed E-state index contributed by atoms with van der Waals surface area (Å²) in [5, 5.41) is 11.3. The Balaban J connectivity index is 2.17. The zero-order chi connectivity index (χ0) is 10.7. The number of aromatic amines is 1. The lowest BCUT2D eigenvalue weighted by atomic mass is 10.2. The quantitative estimate of drug-likeness (QED) is 0.775. The molecule has 2 heterocycles. The molecule has 0 unspecified atom stereocenters. The third kappa shape index (κ3) is 2.07. The van der Waals surface area contributed by atoms with Crippen LogP contribution in [-0.2, 0) is 6.42 Å². The van der Waals surface area contributed by atoms with Crippen molar-refractivity contribution in [2.24, 2.45) is 5.73 Å². The van der Waals surface area contributed by atoms with Gasteiger partial charge in [0.05, 0.1) is 17.6 Å². The molecule has 0 aliphatic carbocycles. The van der Waals surface area contributed by atoms with Crippen molar-refractivity contribution < 1.29 is 0 Å². The van der Waals surface area contributed by atoms with Gasteiger partial charge >= 0.3 is 0 Å². The van der Waals surface area contributed by atoms with E-state index in [4.69, 9.17) is 5.73 Å². The number of hydrogen-bond acceptors (Lipinski definition) is 3. The Morgan fingerprint density at radius 3 is 3.07 bits per heavy atom. The number of nitrogens with two attached hydrogens (primary N) is 1. The molecule has 5 heteroatoms. The summed E-state index contributed by atoms with van der Waals surface area (Å²) in [6, 6.07) is 2.02. The van der Waals surface area contributed by atoms with E-state index in [2.05, 4.69) is 15.3 Å². The molecule has 0 spiro atoms. The molecule has 0 bridgehead atoms. The molecule has 0 atom stereocenters. The van der Waals surface area contributed by atoms with Crippen molar-refractivity contribution in [3.63, 3.8) is 0 Å². The van der Waals surface area contributed by atoms with Crippen LogP contribution >= 0.6 is 0 Å². The molecule has 0 amide bonds. The van der Waals surface area contributed by atoms with E-state index in [0.29, 0.717) is 6.54 Å². The molecule has 3 N–H and O–H groups in total. The van der Waals surface area contributed by atoms with Crippen LogP contribution in [0.2, 0.25) is 0 Å². The lowest BCUT2D eigenvalue weighted by molar-refractivity contribution is 0.773. The largest absolute Gasteiger partial charge is 0.330 e. The highest BCUT2D eigenvalue weighted by Crippen LogP contribution is 2.10. The lowest BCUT2D eigenvalue weighted by Crippen LogP contribution is -2.01. The fourth-order valence-corrected chi connectivity index (χ4v) is 1.49. The molecule has 0 saturated carbocycles. The van der Waals surface area contributed by atoms with Crippen LogP contribution < -0.4 is 5.73 Å². The van der Waals surface area contributed by atoms with Gasteiger partial charge in [-0.1, -0.05) is 0 Å². The first-order valence-electron chi connectivity index (χ1n) is 5.06. The van der Waals surface area contributed by atoms with Gasteiger partial charge in [0.25, 0.3) is 0 Å². The minimum absolute atomic E-state index is 0.706. The number of aryl methyl sites for hydroxylation is 2. The number of rotatable bonds is 4. The first-order valence-corrected chi connectivity index (χ1v) is 5.06. The molecule has 0 aromatic carbocycles. The fraction of sp³-hybridized carbons (Fsp3) is 0.400. The van der Waals surface area contributed by atoms with Gasteiger partial charge in [0.1, 0.15) is 5.69 Å². The fourth-order valence-electron chi connectivity index (χ4n) is 1.49. The highest BCUT2D eigenvalue weighted by Gasteiger charge is 2.04. The molecular weight excluding hydrogens is 190 g/mol. The Morgan fingerprint density at radius 1 is 1.53 bits per heavy atom. The summed E-state index contributed by atoms with van der Waals surface area (Å²) in [6.07, 6.45) is 5.63. The molecule has 0 fully saturated rings. The van der Waals surface area contributed by atoms with E-state index in [1.807, 2.05) is 23.9 Å². The van der Waals surface area contributed by atoms with Crippen LogP contribution in [-0.4, -0.2) is 26.5 Å². The number of hydrogen-bond donors (Lipinski definition) is 2. The van der Waals surface area contributed by atoms with Crippen molar-refractivity contribution in [2.75, 3.05) is 6.54 Å². The maximum atomic E-state index is 5.45. The molecule has 0 aliphatic rings. The highest BCUT2D eigenvalue weighted by atomic mass is 15.3. The summed E-state index contributed by atoms with van der Waals surface area (Å²) in [4.78, 5) is 0. The van der Waals surface area contributed by atoms with E-state index < -0.39 is 0 Å². The monoisotopic (exact) mass is 205 g/mol. The molecule has 5 nitrogen and oxygen atoms in total. The second-order valence-corrected chi connectivity index (χ2v) is 3.52. The number of H-pyrrole nitrogens is 1. The Kier molecular flexibility index (Phi) is 2.82. The van der Waals surface area contributed by atoms with Crippen molar-refractivity contribution in [3.05, 3.63) is 29.8 Å². The average Bonchev–Trinajstić information content (AvgIpc) is 2.83. The zero-order valence-corrected chi connectivity index (χ0v) is 8.77. The summed E-state index contributed by atoms with van der Waals surface area (Å²) in [5.41, 5.74) is 8.53. The molecule has 2 aromatic rings. The standard InChI is InChI=1S/C10H15N5/c1-8-10(7-12-13-8)15-6-4-9(14-15)3-2-5-11/h4,6-7H,2-3,5,11H2,1H3,(H,12,13). The van der Waals surface area contributed by atoms with Crippen molar-refractivity contribution >= 4 is 0 Å². The predicted octanol–water partition coefficient (Wildman–Crippen LogP) is 0.795. The molecule has 0 saturated heterocycles. The second-order valence-electron chi connectivity index (χ2n) is 3.52. The maximum absolute atomic E-state index is 5.45. The van der Waals surface area contributed by atoms with Gasteiger partial charge in [0.2, 0.25) is 0 Å². The molecule has 80 valence electrons. The molecule has 2 aromatic heterocycles. The van der Waals surface area contributed by atoms with Gasteiger partial charge in [-0.15, -0.1) is 0 Å². The van der Waals surface area contributed by atoms with Crippen LogP contribution in [0, 0.1) is 6.92 Å². The van der Waals surface area contributed by atoms with E-state index >= 15 is 0 Å². The van der Waals surface area contributed by atoms with Crippen molar-refractivity contribution in [2.45, 2.75) is 19.8 Å². The smallest absolute Gasteiger partial charge is 0.105 e. The molecule has 0 aliphatic heterocycles. The van der Waals surface area contributed by atoms with E-state index in [0.717, 1.165) is 29.9 Å². The number of nitrogens with one attached hydrogen (secondary N) is 1. The lowest BCUT2D eigenvalue weighted by Gasteiger charge is -1.97. The number of aromatic nitrogens is 4. The SMILES string of the molecule is Cc1[nH]ncc1-n1ccc(CCCN)n1. The first kappa shape index (κ1) is 9.92. The summed E-state index contributed by atoms with van der Waals surface area (Å²) in [6.45, 7) is 2.68. The van der Waals surface area contributed by atoms with Crippen LogP contribution in [0.1, 0.15) is 17.8 Å². The van der Waals surface area contributed by atoms with E-state index in [1.165, 1.54) is 0 Å². The third-order valence-electron chi connectivity index (χ3n) is 2.33. The molecule has 15 heavy (non-hydrogen) atoms. The summed E-state index contributed by atoms with van der Waals surface area (Å²) >= 11 is 0. The summed E-state index contributed by atoms with van der Waals surface area (Å²) < 4.78 is 1.84. The van der Waals surface area contributed by atoms with Crippen molar-refractivity contribution in [3.8, 4) is 5.69 Å². The zero-order valence-electron chi connectivity index (χ0n) is 8.77. The van der Waals surface area contributed by atoms with Crippen LogP contribution in [0.4, 0.5) is 0 Å². The minimum Gasteiger partial charge on any atom is -0.330 e. The third-order valence-corrected chi connectivity index (χ3v) is 2.33. The summed E-state index contributed by atoms with van der Waals surface area (Å²) in [5.74, 6) is 0. The Hall–Kier alpha value is -1.62. The number of nitrogens with zero attached hydrogens (tertiary/aromatic N) is 3. The van der Waals surface area contributed by atoms with Gasteiger partial charge in [-0.25, -0.2) is 4.68 Å². The maximum Gasteiger partial charge on any atom is 0.105 e. The van der Waals surface area contributed by atoms with Crippen LogP contribution in [0.15, 0.2) is 18.5 Å². The summed E-state index contributed by atoms with van der Waals surface area (Å²) in [7, 11) is 0. The van der Waals surface area contributed by atoms with E-state index in [9.17, 15) is 0 Å². The molecule has 0 radical (unpaired) electrons. The van der Waals surface area contributed by atoms with Crippen LogP contribution in [0.5, 0.6) is 0 Å². The molecule has 2 rings (SSSR count). The van der Waals surface area contributed by atoms with Gasteiger partial charge in [0, 0.05) is 6.20 Å². The van der Waals surface area contributed by atoms with E-state index in [-0.39, 0.29) is 0 Å². The van der Waals surface area contributed by atoms with Gasteiger partial charge in [-0.2, -0.15) is 10.2 Å². The van der Waals surface area contributed by atoms with Gasteiger partial charge in [0.15, 0.2) is 0 Å². The topological polar surface area (TPSA) is 72.5 Å². The Bertz CT molecular complexity index is 428. The average molecular weight is 205 g/mol. The minimum atomic E-state index is 0.706.